The lowest BCUT2D eigenvalue weighted by atomic mass is 10.1. The van der Waals surface area contributed by atoms with Crippen molar-refractivity contribution < 1.29 is 9.13 Å². The normalized spacial score (nSPS) is 12.3. The van der Waals surface area contributed by atoms with Crippen LogP contribution in [0.2, 0.25) is 0 Å². The molecule has 0 bridgehead atoms. The first-order valence-corrected chi connectivity index (χ1v) is 16.8. The van der Waals surface area contributed by atoms with E-state index in [1.807, 2.05) is 11.8 Å². The van der Waals surface area contributed by atoms with E-state index >= 15 is 0 Å². The Hall–Kier alpha value is -3.11. The van der Waals surface area contributed by atoms with Crippen molar-refractivity contribution in [3.05, 3.63) is 97.6 Å². The monoisotopic (exact) mass is 565 g/mol. The van der Waals surface area contributed by atoms with Gasteiger partial charge >= 0.3 is 0 Å². The van der Waals surface area contributed by atoms with E-state index in [1.54, 1.807) is 0 Å². The molecule has 1 aliphatic rings. The molecule has 0 spiro atoms. The van der Waals surface area contributed by atoms with E-state index < -0.39 is 0 Å². The molecule has 0 radical (unpaired) electrons. The molecule has 4 aromatic rings. The number of para-hydroxylation sites is 2. The van der Waals surface area contributed by atoms with Gasteiger partial charge in [-0.1, -0.05) is 87.9 Å². The van der Waals surface area contributed by atoms with E-state index in [9.17, 15) is 0 Å². The highest BCUT2D eigenvalue weighted by Crippen LogP contribution is 2.47. The van der Waals surface area contributed by atoms with Crippen molar-refractivity contribution in [2.24, 2.45) is 0 Å². The highest BCUT2D eigenvalue weighted by molar-refractivity contribution is 7.99. The van der Waals surface area contributed by atoms with Gasteiger partial charge in [0.2, 0.25) is 0 Å². The van der Waals surface area contributed by atoms with Gasteiger partial charge in [-0.2, -0.15) is 0 Å². The number of aryl methyl sites for hydroxylation is 2. The Balaban J connectivity index is 0.904. The van der Waals surface area contributed by atoms with E-state index in [0.29, 0.717) is 0 Å². The Morgan fingerprint density at radius 1 is 0.512 bits per heavy atom. The van der Waals surface area contributed by atoms with Gasteiger partial charge in [0.1, 0.15) is 13.1 Å². The molecule has 0 fully saturated rings. The fourth-order valence-electron chi connectivity index (χ4n) is 5.86. The van der Waals surface area contributed by atoms with Gasteiger partial charge in [0.15, 0.2) is 24.8 Å². The standard InChI is InChI=1S/C37H47N3S/c1-2-25-38-28-21-32(22-29-38)33-23-30-39(31-24-33)26-15-9-7-5-3-4-6-8-10-16-27-40-34-17-11-13-19-36(34)41-37-20-14-12-18-35(37)40/h11-14,17-24,28-31H,2-10,15-16,25-27H2,1H3/q+2. The molecule has 214 valence electrons. The average Bonchev–Trinajstić information content (AvgIpc) is 3.02. The minimum absolute atomic E-state index is 1.08. The lowest BCUT2D eigenvalue weighted by molar-refractivity contribution is -0.697. The molecule has 0 amide bonds. The van der Waals surface area contributed by atoms with Crippen LogP contribution in [0.4, 0.5) is 11.4 Å². The number of nitrogens with zero attached hydrogens (tertiary/aromatic N) is 3. The molecule has 0 saturated carbocycles. The topological polar surface area (TPSA) is 11.0 Å². The van der Waals surface area contributed by atoms with Crippen LogP contribution in [0.5, 0.6) is 0 Å². The zero-order valence-electron chi connectivity index (χ0n) is 24.9. The van der Waals surface area contributed by atoms with Gasteiger partial charge < -0.3 is 4.90 Å². The van der Waals surface area contributed by atoms with Crippen LogP contribution in [0, 0.1) is 0 Å². The zero-order valence-corrected chi connectivity index (χ0v) is 25.7. The third-order valence-corrected chi connectivity index (χ3v) is 9.31. The Morgan fingerprint density at radius 2 is 0.951 bits per heavy atom. The highest BCUT2D eigenvalue weighted by atomic mass is 32.2. The summed E-state index contributed by atoms with van der Waals surface area (Å²) in [5.41, 5.74) is 5.34. The maximum atomic E-state index is 2.54. The maximum Gasteiger partial charge on any atom is 0.169 e. The number of rotatable bonds is 16. The lowest BCUT2D eigenvalue weighted by Gasteiger charge is -2.32. The largest absolute Gasteiger partial charge is 0.340 e. The fraction of sp³-hybridized carbons (Fsp3) is 0.405. The number of benzene rings is 2. The van der Waals surface area contributed by atoms with Crippen molar-refractivity contribution in [1.29, 1.82) is 0 Å². The van der Waals surface area contributed by atoms with E-state index in [-0.39, 0.29) is 0 Å². The van der Waals surface area contributed by atoms with E-state index in [4.69, 9.17) is 0 Å². The van der Waals surface area contributed by atoms with Crippen molar-refractivity contribution in [3.63, 3.8) is 0 Å². The number of aromatic nitrogens is 2. The van der Waals surface area contributed by atoms with Crippen molar-refractivity contribution in [3.8, 4) is 11.1 Å². The minimum Gasteiger partial charge on any atom is -0.340 e. The molecule has 0 unspecified atom stereocenters. The number of unbranched alkanes of at least 4 members (excludes halogenated alkanes) is 9. The first-order valence-electron chi connectivity index (χ1n) is 15.9. The molecular weight excluding hydrogens is 518 g/mol. The molecule has 0 N–H and O–H groups in total. The van der Waals surface area contributed by atoms with E-state index in [0.717, 1.165) is 19.6 Å². The summed E-state index contributed by atoms with van der Waals surface area (Å²) < 4.78 is 4.59. The summed E-state index contributed by atoms with van der Waals surface area (Å²) in [6.07, 6.45) is 23.5. The molecule has 0 aliphatic carbocycles. The van der Waals surface area contributed by atoms with E-state index in [2.05, 4.69) is 119 Å². The molecular formula is C37H47N3S+2. The molecule has 3 heterocycles. The SMILES string of the molecule is CCC[n+]1ccc(-c2cc[n+](CCCCCCCCCCCCN3c4ccccc4Sc4ccccc43)cc2)cc1. The Morgan fingerprint density at radius 3 is 1.46 bits per heavy atom. The molecule has 2 aromatic heterocycles. The van der Waals surface area contributed by atoms with Crippen molar-refractivity contribution in [2.75, 3.05) is 11.4 Å². The van der Waals surface area contributed by atoms with Crippen LogP contribution in [0.25, 0.3) is 11.1 Å². The van der Waals surface area contributed by atoms with Crippen LogP contribution in [-0.2, 0) is 13.1 Å². The molecule has 5 rings (SSSR count). The number of hydrogen-bond acceptors (Lipinski definition) is 2. The summed E-state index contributed by atoms with van der Waals surface area (Å²) in [5.74, 6) is 0. The van der Waals surface area contributed by atoms with Gasteiger partial charge in [0.25, 0.3) is 0 Å². The van der Waals surface area contributed by atoms with Crippen molar-refractivity contribution >= 4 is 23.1 Å². The lowest BCUT2D eigenvalue weighted by Crippen LogP contribution is -2.32. The summed E-state index contributed by atoms with van der Waals surface area (Å²) in [6.45, 7) is 5.53. The number of anilines is 2. The van der Waals surface area contributed by atoms with Gasteiger partial charge in [-0.05, 0) is 48.2 Å². The van der Waals surface area contributed by atoms with Gasteiger partial charge in [-0.15, -0.1) is 0 Å². The third kappa shape index (κ3) is 8.45. The van der Waals surface area contributed by atoms with Gasteiger partial charge in [0, 0.05) is 53.4 Å². The van der Waals surface area contributed by atoms with Crippen LogP contribution >= 0.6 is 11.8 Å². The van der Waals surface area contributed by atoms with Crippen LogP contribution < -0.4 is 14.0 Å². The molecule has 3 nitrogen and oxygen atoms in total. The summed E-state index contributed by atoms with van der Waals surface area (Å²) >= 11 is 1.90. The van der Waals surface area contributed by atoms with Crippen LogP contribution in [0.15, 0.2) is 107 Å². The van der Waals surface area contributed by atoms with Crippen LogP contribution in [-0.4, -0.2) is 6.54 Å². The Kier molecular flexibility index (Phi) is 11.3. The second-order valence-corrected chi connectivity index (χ2v) is 12.5. The molecule has 41 heavy (non-hydrogen) atoms. The molecule has 4 heteroatoms. The first kappa shape index (κ1) is 29.4. The minimum atomic E-state index is 1.08. The van der Waals surface area contributed by atoms with E-state index in [1.165, 1.54) is 103 Å². The molecule has 2 aromatic carbocycles. The highest BCUT2D eigenvalue weighted by Gasteiger charge is 2.22. The van der Waals surface area contributed by atoms with Crippen LogP contribution in [0.3, 0.4) is 0 Å². The van der Waals surface area contributed by atoms with Crippen LogP contribution in [0.1, 0.15) is 77.6 Å². The van der Waals surface area contributed by atoms with Crippen molar-refractivity contribution in [1.82, 2.24) is 0 Å². The number of hydrogen-bond donors (Lipinski definition) is 0. The zero-order chi connectivity index (χ0) is 28.1. The molecule has 0 saturated heterocycles. The maximum absolute atomic E-state index is 2.54. The Bertz CT molecular complexity index is 1290. The fourth-order valence-corrected chi connectivity index (χ4v) is 6.95. The average molecular weight is 566 g/mol. The summed E-state index contributed by atoms with van der Waals surface area (Å²) in [6, 6.07) is 26.7. The number of fused-ring (bicyclic) bond motifs is 2. The van der Waals surface area contributed by atoms with Gasteiger partial charge in [0.05, 0.1) is 11.4 Å². The summed E-state index contributed by atoms with van der Waals surface area (Å²) in [5, 5.41) is 0. The smallest absolute Gasteiger partial charge is 0.169 e. The summed E-state index contributed by atoms with van der Waals surface area (Å²) in [7, 11) is 0. The second kappa shape index (κ2) is 15.8. The molecule has 0 atom stereocenters. The van der Waals surface area contributed by atoms with Gasteiger partial charge in [-0.25, -0.2) is 9.13 Å². The van der Waals surface area contributed by atoms with Gasteiger partial charge in [-0.3, -0.25) is 0 Å². The summed E-state index contributed by atoms with van der Waals surface area (Å²) in [4.78, 5) is 5.30. The predicted molar refractivity (Wildman–Crippen MR) is 173 cm³/mol. The first-order chi connectivity index (χ1) is 20.3. The Labute approximate surface area is 252 Å². The number of pyridine rings is 2. The third-order valence-electron chi connectivity index (χ3n) is 8.18. The second-order valence-electron chi connectivity index (χ2n) is 11.4. The molecule has 1 aliphatic heterocycles. The van der Waals surface area contributed by atoms with Crippen molar-refractivity contribution in [2.45, 2.75) is 100 Å². The quantitative estimate of drug-likeness (QED) is 0.0989. The predicted octanol–water partition coefficient (Wildman–Crippen LogP) is 9.54.